The van der Waals surface area contributed by atoms with Crippen molar-refractivity contribution in [1.82, 2.24) is 14.7 Å². The lowest BCUT2D eigenvalue weighted by molar-refractivity contribution is -0.148. The molecule has 1 atom stereocenters. The topological polar surface area (TPSA) is 91.8 Å². The number of methoxy groups -OCH3 is 1. The molecule has 8 nitrogen and oxygen atoms in total. The Morgan fingerprint density at radius 3 is 2.93 bits per heavy atom. The Bertz CT molecular complexity index is 872. The van der Waals surface area contributed by atoms with E-state index in [1.54, 1.807) is 23.9 Å². The van der Waals surface area contributed by atoms with Crippen molar-refractivity contribution >= 4 is 17.5 Å². The SMILES string of the molecule is COc1c(CN2CCOC(COc3cccc(Cl)c3)(CC(N)=O)C2)c(C)nn1C. The Morgan fingerprint density at radius 1 is 1.45 bits per heavy atom. The van der Waals surface area contributed by atoms with Crippen LogP contribution in [0.4, 0.5) is 0 Å². The molecule has 1 aliphatic heterocycles. The number of morpholine rings is 1. The number of rotatable bonds is 8. The fraction of sp³-hybridized carbons (Fsp3) is 0.500. The molecule has 2 N–H and O–H groups in total. The van der Waals surface area contributed by atoms with E-state index in [0.29, 0.717) is 30.5 Å². The molecule has 1 saturated heterocycles. The van der Waals surface area contributed by atoms with Gasteiger partial charge in [0.15, 0.2) is 0 Å². The summed E-state index contributed by atoms with van der Waals surface area (Å²) in [4.78, 5) is 14.0. The molecule has 29 heavy (non-hydrogen) atoms. The minimum absolute atomic E-state index is 0.0627. The van der Waals surface area contributed by atoms with Gasteiger partial charge >= 0.3 is 0 Å². The molecule has 1 aliphatic rings. The number of aryl methyl sites for hydroxylation is 2. The predicted molar refractivity (Wildman–Crippen MR) is 109 cm³/mol. The van der Waals surface area contributed by atoms with Crippen LogP contribution in [0.2, 0.25) is 5.02 Å². The standard InChI is InChI=1S/C20H27ClN4O4/c1-14-17(19(27-3)24(2)23-14)11-25-7-8-29-20(12-25,10-18(22)26)13-28-16-6-4-5-15(21)9-16/h4-6,9H,7-8,10-13H2,1-3H3,(H2,22,26). The van der Waals surface area contributed by atoms with Crippen molar-refractivity contribution in [3.8, 4) is 11.6 Å². The van der Waals surface area contributed by atoms with Crippen molar-refractivity contribution in [3.05, 3.63) is 40.5 Å². The number of carbonyl (C=O) groups excluding carboxylic acids is 1. The minimum Gasteiger partial charge on any atom is -0.490 e. The van der Waals surface area contributed by atoms with E-state index in [1.165, 1.54) is 0 Å². The zero-order valence-electron chi connectivity index (χ0n) is 17.0. The molecule has 1 aromatic carbocycles. The molecular weight excluding hydrogens is 396 g/mol. The van der Waals surface area contributed by atoms with Gasteiger partial charge in [0.05, 0.1) is 31.4 Å². The summed E-state index contributed by atoms with van der Waals surface area (Å²) in [5.41, 5.74) is 6.61. The lowest BCUT2D eigenvalue weighted by Crippen LogP contribution is -2.56. The van der Waals surface area contributed by atoms with Crippen molar-refractivity contribution in [2.45, 2.75) is 25.5 Å². The second-order valence-electron chi connectivity index (χ2n) is 7.33. The van der Waals surface area contributed by atoms with Gasteiger partial charge in [0.1, 0.15) is 18.0 Å². The van der Waals surface area contributed by atoms with Gasteiger partial charge in [-0.2, -0.15) is 5.10 Å². The van der Waals surface area contributed by atoms with E-state index < -0.39 is 11.5 Å². The number of ether oxygens (including phenoxy) is 3. The normalized spacial score (nSPS) is 19.9. The first-order valence-corrected chi connectivity index (χ1v) is 9.79. The fourth-order valence-corrected chi connectivity index (χ4v) is 3.91. The zero-order chi connectivity index (χ0) is 21.0. The Kier molecular flexibility index (Phi) is 6.66. The summed E-state index contributed by atoms with van der Waals surface area (Å²) in [6, 6.07) is 7.12. The Balaban J connectivity index is 1.76. The highest BCUT2D eigenvalue weighted by Crippen LogP contribution is 2.28. The molecule has 158 valence electrons. The average molecular weight is 423 g/mol. The molecule has 1 aromatic heterocycles. The van der Waals surface area contributed by atoms with E-state index in [0.717, 1.165) is 23.7 Å². The number of primary amides is 1. The van der Waals surface area contributed by atoms with Crippen LogP contribution in [0.15, 0.2) is 24.3 Å². The van der Waals surface area contributed by atoms with Gasteiger partial charge in [-0.3, -0.25) is 9.69 Å². The molecule has 3 rings (SSSR count). The van der Waals surface area contributed by atoms with Crippen molar-refractivity contribution in [1.29, 1.82) is 0 Å². The summed E-state index contributed by atoms with van der Waals surface area (Å²) in [6.07, 6.45) is 0.0627. The van der Waals surface area contributed by atoms with Gasteiger partial charge in [-0.25, -0.2) is 4.68 Å². The highest BCUT2D eigenvalue weighted by Gasteiger charge is 2.40. The smallest absolute Gasteiger partial charge is 0.220 e. The second kappa shape index (κ2) is 9.02. The van der Waals surface area contributed by atoms with Crippen LogP contribution in [0.5, 0.6) is 11.6 Å². The molecular formula is C20H27ClN4O4. The third-order valence-electron chi connectivity index (χ3n) is 4.99. The summed E-state index contributed by atoms with van der Waals surface area (Å²) >= 11 is 6.03. The molecule has 1 amide bonds. The Labute approximate surface area is 175 Å². The molecule has 1 unspecified atom stereocenters. The molecule has 0 saturated carbocycles. The van der Waals surface area contributed by atoms with Crippen molar-refractivity contribution < 1.29 is 19.0 Å². The van der Waals surface area contributed by atoms with Crippen molar-refractivity contribution in [2.75, 3.05) is 33.4 Å². The van der Waals surface area contributed by atoms with Crippen LogP contribution in [0, 0.1) is 6.92 Å². The average Bonchev–Trinajstić information content (AvgIpc) is 2.92. The van der Waals surface area contributed by atoms with Gasteiger partial charge in [-0.15, -0.1) is 0 Å². The Morgan fingerprint density at radius 2 is 2.24 bits per heavy atom. The van der Waals surface area contributed by atoms with Crippen LogP contribution in [0.25, 0.3) is 0 Å². The number of amides is 1. The van der Waals surface area contributed by atoms with E-state index >= 15 is 0 Å². The first-order valence-electron chi connectivity index (χ1n) is 9.41. The summed E-state index contributed by atoms with van der Waals surface area (Å²) < 4.78 is 19.2. The van der Waals surface area contributed by atoms with E-state index in [2.05, 4.69) is 10.00 Å². The van der Waals surface area contributed by atoms with Crippen LogP contribution >= 0.6 is 11.6 Å². The van der Waals surface area contributed by atoms with Gasteiger partial charge in [-0.1, -0.05) is 17.7 Å². The molecule has 1 fully saturated rings. The van der Waals surface area contributed by atoms with Crippen LogP contribution in [-0.2, 0) is 23.1 Å². The number of aromatic nitrogens is 2. The van der Waals surface area contributed by atoms with Crippen LogP contribution in [0.1, 0.15) is 17.7 Å². The monoisotopic (exact) mass is 422 g/mol. The first-order chi connectivity index (χ1) is 13.8. The third-order valence-corrected chi connectivity index (χ3v) is 5.22. The number of halogens is 1. The van der Waals surface area contributed by atoms with E-state index in [-0.39, 0.29) is 13.0 Å². The van der Waals surface area contributed by atoms with Crippen molar-refractivity contribution in [2.24, 2.45) is 12.8 Å². The number of hydrogen-bond donors (Lipinski definition) is 1. The highest BCUT2D eigenvalue weighted by molar-refractivity contribution is 6.30. The summed E-state index contributed by atoms with van der Waals surface area (Å²) in [6.45, 7) is 4.45. The van der Waals surface area contributed by atoms with Gasteiger partial charge in [0, 0.05) is 31.7 Å². The van der Waals surface area contributed by atoms with Gasteiger partial charge < -0.3 is 19.9 Å². The molecule has 0 spiro atoms. The van der Waals surface area contributed by atoms with Crippen LogP contribution in [-0.4, -0.2) is 59.6 Å². The third kappa shape index (κ3) is 5.20. The number of carbonyl (C=O) groups is 1. The first kappa shape index (κ1) is 21.4. The van der Waals surface area contributed by atoms with Crippen LogP contribution < -0.4 is 15.2 Å². The second-order valence-corrected chi connectivity index (χ2v) is 7.76. The van der Waals surface area contributed by atoms with Gasteiger partial charge in [0.25, 0.3) is 0 Å². The lowest BCUT2D eigenvalue weighted by Gasteiger charge is -2.42. The van der Waals surface area contributed by atoms with Gasteiger partial charge in [0.2, 0.25) is 11.8 Å². The lowest BCUT2D eigenvalue weighted by atomic mass is 9.97. The molecule has 2 aromatic rings. The molecule has 0 aliphatic carbocycles. The number of nitrogens with zero attached hydrogens (tertiary/aromatic N) is 3. The Hall–Kier alpha value is -2.29. The highest BCUT2D eigenvalue weighted by atomic mass is 35.5. The van der Waals surface area contributed by atoms with Crippen LogP contribution in [0.3, 0.4) is 0 Å². The number of nitrogens with two attached hydrogens (primary N) is 1. The molecule has 0 radical (unpaired) electrons. The maximum absolute atomic E-state index is 11.8. The van der Waals surface area contributed by atoms with Gasteiger partial charge in [-0.05, 0) is 25.1 Å². The summed E-state index contributed by atoms with van der Waals surface area (Å²) in [5.74, 6) is 0.910. The van der Waals surface area contributed by atoms with E-state index in [4.69, 9.17) is 31.5 Å². The van der Waals surface area contributed by atoms with E-state index in [1.807, 2.05) is 26.1 Å². The summed E-state index contributed by atoms with van der Waals surface area (Å²) in [5, 5.41) is 5.02. The number of hydrogen-bond acceptors (Lipinski definition) is 6. The molecule has 2 heterocycles. The fourth-order valence-electron chi connectivity index (χ4n) is 3.73. The maximum Gasteiger partial charge on any atom is 0.220 e. The number of benzene rings is 1. The summed E-state index contributed by atoms with van der Waals surface area (Å²) in [7, 11) is 3.49. The van der Waals surface area contributed by atoms with Crippen molar-refractivity contribution in [3.63, 3.8) is 0 Å². The van der Waals surface area contributed by atoms with E-state index in [9.17, 15) is 4.79 Å². The predicted octanol–water partition coefficient (Wildman–Crippen LogP) is 1.92. The quantitative estimate of drug-likeness (QED) is 0.698. The molecule has 9 heteroatoms. The minimum atomic E-state index is -0.838. The largest absolute Gasteiger partial charge is 0.490 e. The zero-order valence-corrected chi connectivity index (χ0v) is 17.7. The maximum atomic E-state index is 11.8. The molecule has 0 bridgehead atoms.